The lowest BCUT2D eigenvalue weighted by Gasteiger charge is -2.08. The molecule has 2 rings (SSSR count). The van der Waals surface area contributed by atoms with E-state index in [4.69, 9.17) is 9.57 Å². The van der Waals surface area contributed by atoms with Gasteiger partial charge in [-0.1, -0.05) is 22.9 Å². The Morgan fingerprint density at radius 3 is 2.23 bits per heavy atom. The van der Waals surface area contributed by atoms with Gasteiger partial charge in [-0.3, -0.25) is 4.21 Å². The molecule has 1 atom stereocenters. The van der Waals surface area contributed by atoms with Crippen LogP contribution < -0.4 is 4.74 Å². The molecule has 2 aromatic rings. The number of hydrogen-bond acceptors (Lipinski definition) is 4. The molecule has 0 aliphatic carbocycles. The van der Waals surface area contributed by atoms with Crippen molar-refractivity contribution < 1.29 is 13.8 Å². The predicted octanol–water partition coefficient (Wildman–Crippen LogP) is 3.16. The Kier molecular flexibility index (Phi) is 5.72. The predicted molar refractivity (Wildman–Crippen MR) is 89.0 cm³/mol. The van der Waals surface area contributed by atoms with Crippen LogP contribution in [0, 0.1) is 6.92 Å². The van der Waals surface area contributed by atoms with E-state index in [2.05, 4.69) is 5.16 Å². The number of methoxy groups -OCH3 is 1. The van der Waals surface area contributed by atoms with Gasteiger partial charge in [0.25, 0.3) is 0 Å². The van der Waals surface area contributed by atoms with Crippen molar-refractivity contribution in [3.63, 3.8) is 0 Å². The third-order valence-corrected chi connectivity index (χ3v) is 4.51. The zero-order chi connectivity index (χ0) is 15.9. The van der Waals surface area contributed by atoms with Crippen molar-refractivity contribution in [3.8, 4) is 5.75 Å². The second-order valence-electron chi connectivity index (χ2n) is 4.75. The Labute approximate surface area is 133 Å². The fourth-order valence-corrected chi connectivity index (χ4v) is 3.03. The molecule has 5 heteroatoms. The highest BCUT2D eigenvalue weighted by Crippen LogP contribution is 2.15. The summed E-state index contributed by atoms with van der Waals surface area (Å²) >= 11 is 0. The molecule has 0 spiro atoms. The summed E-state index contributed by atoms with van der Waals surface area (Å²) in [4.78, 5) is 5.67. The molecular formula is C17H19NO3S. The Balaban J connectivity index is 2.19. The number of nitrogens with zero attached hydrogens (tertiary/aromatic N) is 1. The first-order valence-electron chi connectivity index (χ1n) is 6.83. The SMILES string of the molecule is CO/N=C(/CS(=O)c1ccc(C)cc1)c1ccc(OC)cc1. The molecule has 0 aliphatic rings. The molecule has 0 saturated carbocycles. The van der Waals surface area contributed by atoms with Crippen molar-refractivity contribution in [2.24, 2.45) is 5.16 Å². The Bertz CT molecular complexity index is 663. The topological polar surface area (TPSA) is 47.9 Å². The molecule has 0 radical (unpaired) electrons. The van der Waals surface area contributed by atoms with E-state index >= 15 is 0 Å². The molecule has 0 aromatic heterocycles. The Morgan fingerprint density at radius 2 is 1.68 bits per heavy atom. The number of ether oxygens (including phenoxy) is 1. The lowest BCUT2D eigenvalue weighted by molar-refractivity contribution is 0.213. The maximum atomic E-state index is 12.5. The average Bonchev–Trinajstić information content (AvgIpc) is 2.55. The summed E-state index contributed by atoms with van der Waals surface area (Å²) in [6.45, 7) is 2.00. The van der Waals surface area contributed by atoms with Crippen molar-refractivity contribution in [2.75, 3.05) is 20.0 Å². The second-order valence-corrected chi connectivity index (χ2v) is 6.20. The standard InChI is InChI=1S/C17H19NO3S/c1-13-4-10-16(11-5-13)22(19)12-17(18-21-3)14-6-8-15(20-2)9-7-14/h4-11H,12H2,1-3H3/b18-17-. The third kappa shape index (κ3) is 4.18. The maximum absolute atomic E-state index is 12.5. The van der Waals surface area contributed by atoms with Gasteiger partial charge >= 0.3 is 0 Å². The zero-order valence-corrected chi connectivity index (χ0v) is 13.7. The molecule has 0 aliphatic heterocycles. The van der Waals surface area contributed by atoms with Crippen LogP contribution in [0.4, 0.5) is 0 Å². The van der Waals surface area contributed by atoms with Gasteiger partial charge in [0.2, 0.25) is 0 Å². The summed E-state index contributed by atoms with van der Waals surface area (Å²) in [6, 6.07) is 15.1. The zero-order valence-electron chi connectivity index (χ0n) is 12.9. The van der Waals surface area contributed by atoms with E-state index in [1.165, 1.54) is 7.11 Å². The minimum atomic E-state index is -1.17. The van der Waals surface area contributed by atoms with Gasteiger partial charge in [0.15, 0.2) is 0 Å². The quantitative estimate of drug-likeness (QED) is 0.607. The summed E-state index contributed by atoms with van der Waals surface area (Å²) < 4.78 is 17.6. The van der Waals surface area contributed by atoms with Crippen LogP contribution >= 0.6 is 0 Å². The Morgan fingerprint density at radius 1 is 1.05 bits per heavy atom. The molecule has 0 saturated heterocycles. The van der Waals surface area contributed by atoms with Crippen molar-refractivity contribution >= 4 is 16.5 Å². The molecule has 0 amide bonds. The van der Waals surface area contributed by atoms with Crippen LogP contribution in [-0.4, -0.2) is 29.9 Å². The first-order chi connectivity index (χ1) is 10.6. The molecule has 0 bridgehead atoms. The van der Waals surface area contributed by atoms with Crippen LogP contribution in [0.1, 0.15) is 11.1 Å². The van der Waals surface area contributed by atoms with E-state index < -0.39 is 10.8 Å². The van der Waals surface area contributed by atoms with Gasteiger partial charge in [0.1, 0.15) is 12.9 Å². The van der Waals surface area contributed by atoms with Gasteiger partial charge in [0.05, 0.1) is 29.4 Å². The highest BCUT2D eigenvalue weighted by molar-refractivity contribution is 7.85. The molecule has 2 aromatic carbocycles. The minimum Gasteiger partial charge on any atom is -0.497 e. The normalized spacial score (nSPS) is 12.8. The number of aryl methyl sites for hydroxylation is 1. The van der Waals surface area contributed by atoms with Crippen LogP contribution in [0.2, 0.25) is 0 Å². The minimum absolute atomic E-state index is 0.295. The number of oxime groups is 1. The summed E-state index contributed by atoms with van der Waals surface area (Å²) in [6.07, 6.45) is 0. The van der Waals surface area contributed by atoms with Gasteiger partial charge in [-0.15, -0.1) is 0 Å². The molecule has 0 heterocycles. The maximum Gasteiger partial charge on any atom is 0.118 e. The second kappa shape index (κ2) is 7.75. The molecule has 116 valence electrons. The van der Waals surface area contributed by atoms with E-state index in [-0.39, 0.29) is 0 Å². The molecule has 1 unspecified atom stereocenters. The van der Waals surface area contributed by atoms with Crippen molar-refractivity contribution in [3.05, 3.63) is 59.7 Å². The summed E-state index contributed by atoms with van der Waals surface area (Å²) in [5.41, 5.74) is 2.65. The molecule has 22 heavy (non-hydrogen) atoms. The van der Waals surface area contributed by atoms with Crippen LogP contribution in [0.15, 0.2) is 58.6 Å². The molecule has 0 N–H and O–H groups in total. The van der Waals surface area contributed by atoms with Crippen LogP contribution in [-0.2, 0) is 15.6 Å². The third-order valence-electron chi connectivity index (χ3n) is 3.18. The van der Waals surface area contributed by atoms with Crippen molar-refractivity contribution in [1.29, 1.82) is 0 Å². The summed E-state index contributed by atoms with van der Waals surface area (Å²) in [7, 11) is 1.93. The number of rotatable bonds is 6. The van der Waals surface area contributed by atoms with Crippen molar-refractivity contribution in [2.45, 2.75) is 11.8 Å². The van der Waals surface area contributed by atoms with E-state index in [9.17, 15) is 4.21 Å². The number of hydrogen-bond donors (Lipinski definition) is 0. The fraction of sp³-hybridized carbons (Fsp3) is 0.235. The van der Waals surface area contributed by atoms with Gasteiger partial charge in [-0.25, -0.2) is 0 Å². The lowest BCUT2D eigenvalue weighted by Crippen LogP contribution is -2.13. The monoisotopic (exact) mass is 317 g/mol. The molecule has 0 fully saturated rings. The van der Waals surface area contributed by atoms with Crippen LogP contribution in [0.5, 0.6) is 5.75 Å². The van der Waals surface area contributed by atoms with E-state index in [0.29, 0.717) is 11.5 Å². The smallest absolute Gasteiger partial charge is 0.118 e. The Hall–Kier alpha value is -2.14. The number of benzene rings is 2. The molecule has 4 nitrogen and oxygen atoms in total. The van der Waals surface area contributed by atoms with Crippen molar-refractivity contribution in [1.82, 2.24) is 0 Å². The largest absolute Gasteiger partial charge is 0.497 e. The van der Waals surface area contributed by atoms with E-state index in [1.54, 1.807) is 7.11 Å². The van der Waals surface area contributed by atoms with Crippen LogP contribution in [0.3, 0.4) is 0 Å². The highest BCUT2D eigenvalue weighted by atomic mass is 32.2. The highest BCUT2D eigenvalue weighted by Gasteiger charge is 2.12. The molecular weight excluding hydrogens is 298 g/mol. The first kappa shape index (κ1) is 16.2. The summed E-state index contributed by atoms with van der Waals surface area (Å²) in [5, 5.41) is 4.02. The van der Waals surface area contributed by atoms with Gasteiger partial charge in [-0.05, 0) is 43.3 Å². The van der Waals surface area contributed by atoms with Gasteiger partial charge in [0, 0.05) is 10.5 Å². The first-order valence-corrected chi connectivity index (χ1v) is 8.15. The average molecular weight is 317 g/mol. The van der Waals surface area contributed by atoms with Gasteiger partial charge < -0.3 is 9.57 Å². The van der Waals surface area contributed by atoms with Crippen LogP contribution in [0.25, 0.3) is 0 Å². The van der Waals surface area contributed by atoms with E-state index in [1.807, 2.05) is 55.5 Å². The lowest BCUT2D eigenvalue weighted by atomic mass is 10.1. The summed E-state index contributed by atoms with van der Waals surface area (Å²) in [5.74, 6) is 1.06. The van der Waals surface area contributed by atoms with E-state index in [0.717, 1.165) is 21.8 Å². The van der Waals surface area contributed by atoms with Gasteiger partial charge in [-0.2, -0.15) is 0 Å². The fourth-order valence-electron chi connectivity index (χ4n) is 1.95.